The van der Waals surface area contributed by atoms with Gasteiger partial charge in [-0.2, -0.15) is 23.3 Å². The number of benzene rings is 1. The average Bonchev–Trinajstić information content (AvgIpc) is 2.68. The molecular formula is C16H17F3N2O2. The third-order valence-corrected chi connectivity index (χ3v) is 4.50. The van der Waals surface area contributed by atoms with Crippen LogP contribution in [-0.4, -0.2) is 33.6 Å². The van der Waals surface area contributed by atoms with Gasteiger partial charge in [-0.1, -0.05) is 31.0 Å². The maximum Gasteiger partial charge on any atom is 0.439 e. The number of fused-ring (bicyclic) bond motifs is 1. The molecule has 0 spiro atoms. The monoisotopic (exact) mass is 326 g/mol. The first-order chi connectivity index (χ1) is 10.9. The van der Waals surface area contributed by atoms with E-state index < -0.39 is 23.7 Å². The van der Waals surface area contributed by atoms with Crippen molar-refractivity contribution in [1.29, 1.82) is 0 Å². The molecule has 23 heavy (non-hydrogen) atoms. The number of amides is 1. The van der Waals surface area contributed by atoms with Gasteiger partial charge in [0.15, 0.2) is 0 Å². The SMILES string of the molecule is O=C(c1ccccc1)N1N=C2CCCCC[C@H]2[C@]1(O)C(F)(F)F. The van der Waals surface area contributed by atoms with E-state index >= 15 is 0 Å². The number of halogens is 3. The van der Waals surface area contributed by atoms with E-state index in [4.69, 9.17) is 0 Å². The van der Waals surface area contributed by atoms with Crippen LogP contribution in [0, 0.1) is 5.92 Å². The van der Waals surface area contributed by atoms with E-state index in [1.807, 2.05) is 0 Å². The molecule has 1 fully saturated rings. The van der Waals surface area contributed by atoms with Crippen LogP contribution in [-0.2, 0) is 0 Å². The number of carbonyl (C=O) groups is 1. The van der Waals surface area contributed by atoms with Crippen LogP contribution in [0.25, 0.3) is 0 Å². The molecule has 124 valence electrons. The Kier molecular flexibility index (Phi) is 3.91. The molecule has 2 atom stereocenters. The first-order valence-corrected chi connectivity index (χ1v) is 7.62. The molecule has 1 saturated carbocycles. The summed E-state index contributed by atoms with van der Waals surface area (Å²) < 4.78 is 41.0. The number of nitrogens with zero attached hydrogens (tertiary/aromatic N) is 2. The highest BCUT2D eigenvalue weighted by Gasteiger charge is 2.68. The Hall–Kier alpha value is -1.89. The van der Waals surface area contributed by atoms with Crippen molar-refractivity contribution in [3.63, 3.8) is 0 Å². The molecule has 0 aromatic heterocycles. The van der Waals surface area contributed by atoms with Gasteiger partial charge in [-0.05, 0) is 31.4 Å². The van der Waals surface area contributed by atoms with Crippen molar-refractivity contribution >= 4 is 11.6 Å². The number of hydrazone groups is 1. The summed E-state index contributed by atoms with van der Waals surface area (Å²) in [6, 6.07) is 7.59. The molecule has 1 heterocycles. The zero-order valence-electron chi connectivity index (χ0n) is 12.4. The number of aliphatic hydroxyl groups is 1. The maximum atomic E-state index is 13.7. The molecule has 3 rings (SSSR count). The standard InChI is InChI=1S/C16H17F3N2O2/c17-16(18,19)15(23)12-9-5-2-6-10-13(12)20-21(15)14(22)11-7-3-1-4-8-11/h1,3-4,7-8,12,23H,2,5-6,9-10H2/t12-,15+/m1/s1. The molecule has 1 N–H and O–H groups in total. The van der Waals surface area contributed by atoms with Gasteiger partial charge >= 0.3 is 6.18 Å². The Bertz CT molecular complexity index is 630. The molecule has 1 amide bonds. The van der Waals surface area contributed by atoms with Crippen molar-refractivity contribution in [2.24, 2.45) is 11.0 Å². The molecule has 1 aliphatic carbocycles. The molecule has 1 aromatic rings. The van der Waals surface area contributed by atoms with Crippen LogP contribution >= 0.6 is 0 Å². The van der Waals surface area contributed by atoms with E-state index in [0.29, 0.717) is 12.8 Å². The van der Waals surface area contributed by atoms with E-state index in [-0.39, 0.29) is 22.7 Å². The Morgan fingerprint density at radius 1 is 1.22 bits per heavy atom. The Labute approximate surface area is 131 Å². The van der Waals surface area contributed by atoms with Crippen LogP contribution in [0.2, 0.25) is 0 Å². The second kappa shape index (κ2) is 5.63. The summed E-state index contributed by atoms with van der Waals surface area (Å²) in [4.78, 5) is 12.5. The lowest BCUT2D eigenvalue weighted by Crippen LogP contribution is -2.61. The summed E-state index contributed by atoms with van der Waals surface area (Å²) >= 11 is 0. The number of hydrogen-bond acceptors (Lipinski definition) is 3. The summed E-state index contributed by atoms with van der Waals surface area (Å²) in [5.41, 5.74) is -2.93. The van der Waals surface area contributed by atoms with E-state index in [0.717, 1.165) is 12.8 Å². The molecular weight excluding hydrogens is 309 g/mol. The fourth-order valence-electron chi connectivity index (χ4n) is 3.30. The van der Waals surface area contributed by atoms with Gasteiger partial charge in [0.05, 0.1) is 5.92 Å². The zero-order valence-corrected chi connectivity index (χ0v) is 12.4. The summed E-state index contributed by atoms with van der Waals surface area (Å²) in [5.74, 6) is -2.12. The lowest BCUT2D eigenvalue weighted by atomic mass is 9.87. The number of carbonyl (C=O) groups excluding carboxylic acids is 1. The third-order valence-electron chi connectivity index (χ3n) is 4.50. The van der Waals surface area contributed by atoms with Crippen molar-refractivity contribution in [3.8, 4) is 0 Å². The highest BCUT2D eigenvalue weighted by atomic mass is 19.4. The minimum atomic E-state index is -4.97. The predicted molar refractivity (Wildman–Crippen MR) is 77.6 cm³/mol. The Balaban J connectivity index is 2.04. The largest absolute Gasteiger partial charge is 0.439 e. The van der Waals surface area contributed by atoms with Crippen LogP contribution in [0.15, 0.2) is 35.4 Å². The molecule has 2 aliphatic rings. The highest BCUT2D eigenvalue weighted by molar-refractivity contribution is 5.99. The average molecular weight is 326 g/mol. The quantitative estimate of drug-likeness (QED) is 0.860. The van der Waals surface area contributed by atoms with E-state index in [1.165, 1.54) is 12.1 Å². The van der Waals surface area contributed by atoms with Crippen LogP contribution in [0.3, 0.4) is 0 Å². The van der Waals surface area contributed by atoms with Gasteiger partial charge in [0.2, 0.25) is 0 Å². The maximum absolute atomic E-state index is 13.7. The van der Waals surface area contributed by atoms with Crippen LogP contribution in [0.4, 0.5) is 13.2 Å². The first-order valence-electron chi connectivity index (χ1n) is 7.62. The highest BCUT2D eigenvalue weighted by Crippen LogP contribution is 2.47. The topological polar surface area (TPSA) is 52.9 Å². The van der Waals surface area contributed by atoms with Gasteiger partial charge in [0.25, 0.3) is 11.6 Å². The predicted octanol–water partition coefficient (Wildman–Crippen LogP) is 3.33. The van der Waals surface area contributed by atoms with Crippen molar-refractivity contribution in [1.82, 2.24) is 5.01 Å². The van der Waals surface area contributed by atoms with Gasteiger partial charge in [-0.15, -0.1) is 0 Å². The Morgan fingerprint density at radius 3 is 2.57 bits per heavy atom. The van der Waals surface area contributed by atoms with Gasteiger partial charge in [0.1, 0.15) is 0 Å². The first kappa shape index (κ1) is 16.0. The van der Waals surface area contributed by atoms with Crippen molar-refractivity contribution in [3.05, 3.63) is 35.9 Å². The summed E-state index contributed by atoms with van der Waals surface area (Å²) in [7, 11) is 0. The van der Waals surface area contributed by atoms with Gasteiger partial charge < -0.3 is 5.11 Å². The molecule has 7 heteroatoms. The number of hydrogen-bond donors (Lipinski definition) is 1. The fraction of sp³-hybridized carbons (Fsp3) is 0.500. The molecule has 0 radical (unpaired) electrons. The van der Waals surface area contributed by atoms with Crippen molar-refractivity contribution in [2.75, 3.05) is 0 Å². The number of rotatable bonds is 1. The molecule has 1 aromatic carbocycles. The summed E-state index contributed by atoms with van der Waals surface area (Å²) in [5, 5.41) is 14.6. The minimum absolute atomic E-state index is 0.0657. The van der Waals surface area contributed by atoms with Crippen LogP contribution < -0.4 is 0 Å². The van der Waals surface area contributed by atoms with Crippen molar-refractivity contribution < 1.29 is 23.1 Å². The van der Waals surface area contributed by atoms with E-state index in [1.54, 1.807) is 18.2 Å². The zero-order chi connectivity index (χ0) is 16.7. The smallest absolute Gasteiger partial charge is 0.362 e. The van der Waals surface area contributed by atoms with Crippen LogP contribution in [0.1, 0.15) is 42.5 Å². The van der Waals surface area contributed by atoms with Gasteiger partial charge in [0, 0.05) is 11.3 Å². The summed E-state index contributed by atoms with van der Waals surface area (Å²) in [6.45, 7) is 0. The van der Waals surface area contributed by atoms with Crippen LogP contribution in [0.5, 0.6) is 0 Å². The lowest BCUT2D eigenvalue weighted by Gasteiger charge is -2.37. The van der Waals surface area contributed by atoms with E-state index in [9.17, 15) is 23.1 Å². The second-order valence-corrected chi connectivity index (χ2v) is 5.95. The minimum Gasteiger partial charge on any atom is -0.362 e. The van der Waals surface area contributed by atoms with E-state index in [2.05, 4.69) is 5.10 Å². The number of alkyl halides is 3. The summed E-state index contributed by atoms with van der Waals surface area (Å²) in [6.07, 6.45) is -2.32. The second-order valence-electron chi connectivity index (χ2n) is 5.95. The molecule has 4 nitrogen and oxygen atoms in total. The normalized spacial score (nSPS) is 28.1. The lowest BCUT2D eigenvalue weighted by molar-refractivity contribution is -0.312. The third kappa shape index (κ3) is 2.52. The molecule has 0 bridgehead atoms. The van der Waals surface area contributed by atoms with Crippen molar-refractivity contribution in [2.45, 2.75) is 44.0 Å². The fourth-order valence-corrected chi connectivity index (χ4v) is 3.30. The molecule has 0 unspecified atom stereocenters. The van der Waals surface area contributed by atoms with Gasteiger partial charge in [-0.25, -0.2) is 0 Å². The Morgan fingerprint density at radius 2 is 1.91 bits per heavy atom. The molecule has 1 aliphatic heterocycles. The molecule has 0 saturated heterocycles. The van der Waals surface area contributed by atoms with Gasteiger partial charge in [-0.3, -0.25) is 4.79 Å².